The Kier molecular flexibility index (Phi) is 4.09. The van der Waals surface area contributed by atoms with E-state index in [-0.39, 0.29) is 16.3 Å². The fourth-order valence-corrected chi connectivity index (χ4v) is 1.61. The fraction of sp³-hybridized carbons (Fsp3) is 0.250. The molecule has 0 amide bonds. The molecule has 16 heavy (non-hydrogen) atoms. The maximum Gasteiger partial charge on any atom is 0.333 e. The standard InChI is InChI=1S/C8H9ClFNO4S/c1-14-8-5(4-15-16(11,12)13)2-6(9)3-7(8)10/h2-3H,4H2,1H3,(H2,11,12,13). The van der Waals surface area contributed by atoms with Crippen LogP contribution in [0.2, 0.25) is 5.02 Å². The molecule has 1 aromatic carbocycles. The smallest absolute Gasteiger partial charge is 0.333 e. The monoisotopic (exact) mass is 269 g/mol. The zero-order valence-corrected chi connectivity index (χ0v) is 9.81. The van der Waals surface area contributed by atoms with E-state index in [1.165, 1.54) is 13.2 Å². The van der Waals surface area contributed by atoms with Crippen molar-refractivity contribution in [2.24, 2.45) is 5.14 Å². The molecule has 0 atom stereocenters. The minimum absolute atomic E-state index is 0.103. The molecule has 2 N–H and O–H groups in total. The first-order valence-electron chi connectivity index (χ1n) is 4.02. The van der Waals surface area contributed by atoms with Crippen LogP contribution < -0.4 is 9.88 Å². The van der Waals surface area contributed by atoms with Gasteiger partial charge in [-0.15, -0.1) is 0 Å². The Morgan fingerprint density at radius 2 is 2.12 bits per heavy atom. The summed E-state index contributed by atoms with van der Waals surface area (Å²) >= 11 is 5.60. The molecule has 0 aliphatic rings. The van der Waals surface area contributed by atoms with E-state index in [4.69, 9.17) is 16.3 Å². The van der Waals surface area contributed by atoms with Gasteiger partial charge in [-0.3, -0.25) is 4.18 Å². The highest BCUT2D eigenvalue weighted by molar-refractivity contribution is 7.84. The number of nitrogens with two attached hydrogens (primary N) is 1. The normalized spacial score (nSPS) is 11.5. The van der Waals surface area contributed by atoms with Crippen LogP contribution in [-0.4, -0.2) is 15.5 Å². The summed E-state index contributed by atoms with van der Waals surface area (Å²) in [6.07, 6.45) is 0. The van der Waals surface area contributed by atoms with E-state index >= 15 is 0 Å². The van der Waals surface area contributed by atoms with E-state index in [0.717, 1.165) is 6.07 Å². The van der Waals surface area contributed by atoms with Crippen LogP contribution >= 0.6 is 11.6 Å². The third-order valence-electron chi connectivity index (χ3n) is 1.67. The van der Waals surface area contributed by atoms with E-state index in [9.17, 15) is 12.8 Å². The highest BCUT2D eigenvalue weighted by Gasteiger charge is 2.13. The number of halogens is 2. The molecule has 0 aliphatic heterocycles. The molecular formula is C8H9ClFNO4S. The van der Waals surface area contributed by atoms with Gasteiger partial charge in [-0.25, -0.2) is 9.53 Å². The Balaban J connectivity index is 3.03. The second-order valence-corrected chi connectivity index (χ2v) is 4.49. The minimum atomic E-state index is -4.09. The molecule has 0 aliphatic carbocycles. The predicted octanol–water partition coefficient (Wildman–Crippen LogP) is 1.21. The Labute approximate surface area is 97.2 Å². The van der Waals surface area contributed by atoms with Crippen LogP contribution in [0.25, 0.3) is 0 Å². The van der Waals surface area contributed by atoms with Crippen LogP contribution in [0.3, 0.4) is 0 Å². The number of hydrogen-bond donors (Lipinski definition) is 1. The van der Waals surface area contributed by atoms with Gasteiger partial charge in [-0.2, -0.15) is 8.42 Å². The molecule has 1 rings (SSSR count). The SMILES string of the molecule is COc1c(F)cc(Cl)cc1COS(N)(=O)=O. The van der Waals surface area contributed by atoms with Crippen molar-refractivity contribution in [2.75, 3.05) is 7.11 Å². The van der Waals surface area contributed by atoms with Crippen LogP contribution in [0.5, 0.6) is 5.75 Å². The lowest BCUT2D eigenvalue weighted by Gasteiger charge is -2.09. The van der Waals surface area contributed by atoms with E-state index in [0.29, 0.717) is 0 Å². The lowest BCUT2D eigenvalue weighted by atomic mass is 10.2. The number of methoxy groups -OCH3 is 1. The summed E-state index contributed by atoms with van der Waals surface area (Å²) in [6.45, 7) is -0.445. The molecule has 1 aromatic rings. The Bertz CT molecular complexity index is 491. The van der Waals surface area contributed by atoms with Gasteiger partial charge in [0.25, 0.3) is 0 Å². The Morgan fingerprint density at radius 3 is 2.62 bits per heavy atom. The molecular weight excluding hydrogens is 261 g/mol. The largest absolute Gasteiger partial charge is 0.493 e. The van der Waals surface area contributed by atoms with Crippen LogP contribution in [0.4, 0.5) is 4.39 Å². The molecule has 0 unspecified atom stereocenters. The number of hydrogen-bond acceptors (Lipinski definition) is 4. The van der Waals surface area contributed by atoms with Crippen LogP contribution in [0, 0.1) is 5.82 Å². The van der Waals surface area contributed by atoms with Gasteiger partial charge in [0.05, 0.1) is 13.7 Å². The molecule has 5 nitrogen and oxygen atoms in total. The number of benzene rings is 1. The van der Waals surface area contributed by atoms with E-state index in [2.05, 4.69) is 9.32 Å². The average molecular weight is 270 g/mol. The van der Waals surface area contributed by atoms with Crippen molar-refractivity contribution in [3.8, 4) is 5.75 Å². The van der Waals surface area contributed by atoms with Gasteiger partial charge in [0.15, 0.2) is 11.6 Å². The second-order valence-electron chi connectivity index (χ2n) is 2.83. The molecule has 90 valence electrons. The molecule has 0 saturated carbocycles. The van der Waals surface area contributed by atoms with E-state index < -0.39 is 22.7 Å². The van der Waals surface area contributed by atoms with Gasteiger partial charge >= 0.3 is 10.3 Å². The number of ether oxygens (including phenoxy) is 1. The average Bonchev–Trinajstić information content (AvgIpc) is 2.12. The topological polar surface area (TPSA) is 78.6 Å². The highest BCUT2D eigenvalue weighted by Crippen LogP contribution is 2.27. The summed E-state index contributed by atoms with van der Waals surface area (Å²) in [4.78, 5) is 0. The van der Waals surface area contributed by atoms with Crippen molar-refractivity contribution in [3.63, 3.8) is 0 Å². The van der Waals surface area contributed by atoms with Crippen molar-refractivity contribution in [1.29, 1.82) is 0 Å². The number of rotatable bonds is 4. The molecule has 0 bridgehead atoms. The first-order valence-corrected chi connectivity index (χ1v) is 5.87. The second kappa shape index (κ2) is 4.96. The van der Waals surface area contributed by atoms with Gasteiger partial charge in [0.2, 0.25) is 0 Å². The molecule has 8 heteroatoms. The summed E-state index contributed by atoms with van der Waals surface area (Å²) in [7, 11) is -2.85. The van der Waals surface area contributed by atoms with Gasteiger partial charge in [-0.05, 0) is 12.1 Å². The molecule has 0 fully saturated rings. The van der Waals surface area contributed by atoms with Crippen molar-refractivity contribution in [2.45, 2.75) is 6.61 Å². The van der Waals surface area contributed by atoms with Gasteiger partial charge in [-0.1, -0.05) is 11.6 Å². The van der Waals surface area contributed by atoms with Crippen molar-refractivity contribution < 1.29 is 21.7 Å². The zero-order valence-electron chi connectivity index (χ0n) is 8.24. The maximum atomic E-state index is 13.3. The van der Waals surface area contributed by atoms with Gasteiger partial charge in [0.1, 0.15) is 0 Å². The summed E-state index contributed by atoms with van der Waals surface area (Å²) in [6, 6.07) is 2.37. The van der Waals surface area contributed by atoms with Crippen LogP contribution in [0.15, 0.2) is 12.1 Å². The lowest BCUT2D eigenvalue weighted by Crippen LogP contribution is -2.15. The minimum Gasteiger partial charge on any atom is -0.493 e. The highest BCUT2D eigenvalue weighted by atomic mass is 35.5. The lowest BCUT2D eigenvalue weighted by molar-refractivity contribution is 0.296. The Hall–Kier alpha value is -0.890. The maximum absolute atomic E-state index is 13.3. The molecule has 0 radical (unpaired) electrons. The first kappa shape index (κ1) is 13.2. The summed E-state index contributed by atoms with van der Waals surface area (Å²) in [5.74, 6) is -0.837. The fourth-order valence-electron chi connectivity index (χ4n) is 1.10. The first-order chi connectivity index (χ1) is 7.33. The van der Waals surface area contributed by atoms with Gasteiger partial charge < -0.3 is 4.74 Å². The van der Waals surface area contributed by atoms with E-state index in [1.807, 2.05) is 0 Å². The van der Waals surface area contributed by atoms with Crippen LogP contribution in [0.1, 0.15) is 5.56 Å². The zero-order chi connectivity index (χ0) is 12.3. The molecule has 0 spiro atoms. The molecule has 0 saturated heterocycles. The van der Waals surface area contributed by atoms with Gasteiger partial charge in [0, 0.05) is 10.6 Å². The summed E-state index contributed by atoms with van der Waals surface area (Å²) in [5.41, 5.74) is 0.154. The van der Waals surface area contributed by atoms with Crippen molar-refractivity contribution in [3.05, 3.63) is 28.5 Å². The van der Waals surface area contributed by atoms with Crippen LogP contribution in [-0.2, 0) is 21.1 Å². The quantitative estimate of drug-likeness (QED) is 0.891. The molecule has 0 heterocycles. The summed E-state index contributed by atoms with van der Waals surface area (Å²) < 4.78 is 43.5. The third kappa shape index (κ3) is 3.60. The summed E-state index contributed by atoms with van der Waals surface area (Å²) in [5, 5.41) is 4.74. The predicted molar refractivity (Wildman–Crippen MR) is 55.9 cm³/mol. The van der Waals surface area contributed by atoms with E-state index in [1.54, 1.807) is 0 Å². The molecule has 0 aromatic heterocycles. The third-order valence-corrected chi connectivity index (χ3v) is 2.33. The Morgan fingerprint density at radius 1 is 1.50 bits per heavy atom. The van der Waals surface area contributed by atoms with Crippen molar-refractivity contribution in [1.82, 2.24) is 0 Å². The van der Waals surface area contributed by atoms with Crippen molar-refractivity contribution >= 4 is 21.9 Å².